The van der Waals surface area contributed by atoms with Gasteiger partial charge in [-0.1, -0.05) is 6.07 Å². The Labute approximate surface area is 125 Å². The second kappa shape index (κ2) is 6.10. The van der Waals surface area contributed by atoms with Crippen LogP contribution in [0.3, 0.4) is 0 Å². The van der Waals surface area contributed by atoms with Crippen molar-refractivity contribution in [1.29, 1.82) is 0 Å². The number of alkyl halides is 1. The highest BCUT2D eigenvalue weighted by atomic mass is 19.1. The molecule has 0 aliphatic carbocycles. The maximum absolute atomic E-state index is 15.1. The van der Waals surface area contributed by atoms with Gasteiger partial charge in [0.15, 0.2) is 0 Å². The minimum absolute atomic E-state index is 0.206. The van der Waals surface area contributed by atoms with Crippen molar-refractivity contribution in [2.75, 3.05) is 26.2 Å². The quantitative estimate of drug-likeness (QED) is 0.855. The maximum atomic E-state index is 15.1. The number of likely N-dealkylation sites (tertiary alicyclic amines) is 2. The lowest BCUT2D eigenvalue weighted by atomic mass is 9.93. The van der Waals surface area contributed by atoms with Crippen molar-refractivity contribution in [3.63, 3.8) is 0 Å². The van der Waals surface area contributed by atoms with Gasteiger partial charge in [-0.25, -0.2) is 4.39 Å². The number of amides is 1. The van der Waals surface area contributed by atoms with Crippen LogP contribution >= 0.6 is 0 Å². The van der Waals surface area contributed by atoms with E-state index in [0.717, 1.165) is 31.4 Å². The van der Waals surface area contributed by atoms with E-state index >= 15 is 4.39 Å². The molecular weight excluding hydrogens is 269 g/mol. The number of carbonyl (C=O) groups excluding carboxylic acids is 1. The molecule has 114 valence electrons. The fourth-order valence-electron chi connectivity index (χ4n) is 3.36. The Balaban J connectivity index is 1.65. The fourth-order valence-corrected chi connectivity index (χ4v) is 3.36. The third kappa shape index (κ3) is 3.23. The minimum Gasteiger partial charge on any atom is -0.340 e. The number of pyridine rings is 1. The summed E-state index contributed by atoms with van der Waals surface area (Å²) in [5, 5.41) is 0. The molecule has 2 saturated heterocycles. The Morgan fingerprint density at radius 3 is 2.81 bits per heavy atom. The highest BCUT2D eigenvalue weighted by Crippen LogP contribution is 2.29. The zero-order valence-corrected chi connectivity index (χ0v) is 12.3. The van der Waals surface area contributed by atoms with Gasteiger partial charge in [0.25, 0.3) is 5.91 Å². The van der Waals surface area contributed by atoms with Crippen molar-refractivity contribution in [1.82, 2.24) is 14.8 Å². The van der Waals surface area contributed by atoms with Gasteiger partial charge >= 0.3 is 0 Å². The van der Waals surface area contributed by atoms with Crippen LogP contribution < -0.4 is 0 Å². The summed E-state index contributed by atoms with van der Waals surface area (Å²) in [5.41, 5.74) is -0.638. The van der Waals surface area contributed by atoms with Crippen molar-refractivity contribution < 1.29 is 9.18 Å². The monoisotopic (exact) mass is 291 g/mol. The highest BCUT2D eigenvalue weighted by molar-refractivity contribution is 5.85. The van der Waals surface area contributed by atoms with Crippen LogP contribution in [0.25, 0.3) is 0 Å². The van der Waals surface area contributed by atoms with Crippen molar-refractivity contribution in [2.45, 2.75) is 37.9 Å². The van der Waals surface area contributed by atoms with Crippen molar-refractivity contribution >= 4 is 5.91 Å². The average Bonchev–Trinajstić information content (AvgIpc) is 3.02. The van der Waals surface area contributed by atoms with Crippen LogP contribution in [0.5, 0.6) is 0 Å². The summed E-state index contributed by atoms with van der Waals surface area (Å²) in [4.78, 5) is 20.3. The van der Waals surface area contributed by atoms with E-state index in [1.54, 1.807) is 17.3 Å². The molecule has 21 heavy (non-hydrogen) atoms. The van der Waals surface area contributed by atoms with Gasteiger partial charge in [-0.15, -0.1) is 0 Å². The van der Waals surface area contributed by atoms with Gasteiger partial charge < -0.3 is 4.90 Å². The van der Waals surface area contributed by atoms with Crippen LogP contribution in [0.1, 0.15) is 31.2 Å². The van der Waals surface area contributed by atoms with Gasteiger partial charge in [0.05, 0.1) is 0 Å². The molecule has 0 bridgehead atoms. The summed E-state index contributed by atoms with van der Waals surface area (Å²) in [6.07, 6.45) is 6.62. The molecule has 0 unspecified atom stereocenters. The summed E-state index contributed by atoms with van der Waals surface area (Å²) in [5.74, 6) is -0.295. The second-order valence-electron chi connectivity index (χ2n) is 6.14. The number of piperidine rings is 1. The predicted molar refractivity (Wildman–Crippen MR) is 78.4 cm³/mol. The molecule has 0 spiro atoms. The fraction of sp³-hybridized carbons (Fsp3) is 0.625. The first-order chi connectivity index (χ1) is 10.2. The summed E-state index contributed by atoms with van der Waals surface area (Å²) in [6.45, 7) is 3.14. The molecule has 3 rings (SSSR count). The second-order valence-corrected chi connectivity index (χ2v) is 6.14. The lowest BCUT2D eigenvalue weighted by molar-refractivity contribution is -0.147. The van der Waals surface area contributed by atoms with Crippen LogP contribution in [0.4, 0.5) is 4.39 Å². The number of hydrogen-bond donors (Lipinski definition) is 0. The Morgan fingerprint density at radius 1 is 1.29 bits per heavy atom. The Bertz CT molecular complexity index is 490. The molecule has 5 heteroatoms. The molecular formula is C16H22FN3O. The van der Waals surface area contributed by atoms with E-state index in [4.69, 9.17) is 0 Å². The van der Waals surface area contributed by atoms with Gasteiger partial charge in [0, 0.05) is 38.6 Å². The smallest absolute Gasteiger partial charge is 0.261 e. The van der Waals surface area contributed by atoms with Crippen LogP contribution in [-0.4, -0.2) is 52.5 Å². The normalized spacial score (nSPS) is 27.0. The molecule has 0 N–H and O–H groups in total. The molecule has 1 amide bonds. The Hall–Kier alpha value is -1.49. The molecule has 2 aliphatic rings. The summed E-state index contributed by atoms with van der Waals surface area (Å²) in [6, 6.07) is 3.88. The van der Waals surface area contributed by atoms with Crippen LogP contribution in [0.15, 0.2) is 24.5 Å². The Morgan fingerprint density at radius 2 is 2.10 bits per heavy atom. The largest absolute Gasteiger partial charge is 0.340 e. The van der Waals surface area contributed by atoms with Gasteiger partial charge in [0.2, 0.25) is 5.67 Å². The van der Waals surface area contributed by atoms with E-state index in [1.807, 2.05) is 17.0 Å². The first kappa shape index (κ1) is 14.4. The lowest BCUT2D eigenvalue weighted by Gasteiger charge is -2.38. The first-order valence-corrected chi connectivity index (χ1v) is 7.77. The topological polar surface area (TPSA) is 36.4 Å². The van der Waals surface area contributed by atoms with Gasteiger partial charge in [-0.05, 0) is 43.9 Å². The predicted octanol–water partition coefficient (Wildman–Crippen LogP) is 2.01. The van der Waals surface area contributed by atoms with Crippen molar-refractivity contribution in [2.24, 2.45) is 0 Å². The van der Waals surface area contributed by atoms with E-state index in [9.17, 15) is 4.79 Å². The molecule has 2 aliphatic heterocycles. The van der Waals surface area contributed by atoms with Gasteiger partial charge in [-0.2, -0.15) is 0 Å². The molecule has 0 saturated carbocycles. The minimum atomic E-state index is -1.70. The van der Waals surface area contributed by atoms with Crippen LogP contribution in [-0.2, 0) is 11.3 Å². The number of rotatable bonds is 3. The zero-order valence-electron chi connectivity index (χ0n) is 12.3. The summed E-state index contributed by atoms with van der Waals surface area (Å²) in [7, 11) is 0. The number of hydrogen-bond acceptors (Lipinski definition) is 3. The molecule has 2 fully saturated rings. The van der Waals surface area contributed by atoms with Gasteiger partial charge in [0.1, 0.15) is 0 Å². The van der Waals surface area contributed by atoms with E-state index in [2.05, 4.69) is 4.98 Å². The van der Waals surface area contributed by atoms with Gasteiger partial charge in [-0.3, -0.25) is 14.7 Å². The molecule has 1 aromatic rings. The zero-order chi connectivity index (χ0) is 14.7. The lowest BCUT2D eigenvalue weighted by Crippen LogP contribution is -2.54. The molecule has 0 aromatic carbocycles. The summed E-state index contributed by atoms with van der Waals surface area (Å²) >= 11 is 0. The van der Waals surface area contributed by atoms with E-state index < -0.39 is 5.67 Å². The van der Waals surface area contributed by atoms with Crippen LogP contribution in [0, 0.1) is 0 Å². The maximum Gasteiger partial charge on any atom is 0.261 e. The van der Waals surface area contributed by atoms with E-state index in [1.165, 1.54) is 0 Å². The van der Waals surface area contributed by atoms with Crippen LogP contribution in [0.2, 0.25) is 0 Å². The number of carbonyl (C=O) groups is 1. The third-order valence-electron chi connectivity index (χ3n) is 4.43. The Kier molecular flexibility index (Phi) is 4.19. The molecule has 4 nitrogen and oxygen atoms in total. The number of aromatic nitrogens is 1. The SMILES string of the molecule is O=C(N1CCCC1)[C@]1(F)CCCN(Cc2cccnc2)C1. The molecule has 0 radical (unpaired) electrons. The third-order valence-corrected chi connectivity index (χ3v) is 4.43. The number of nitrogens with zero attached hydrogens (tertiary/aromatic N) is 3. The van der Waals surface area contributed by atoms with E-state index in [-0.39, 0.29) is 12.5 Å². The van der Waals surface area contributed by atoms with E-state index in [0.29, 0.717) is 26.1 Å². The summed E-state index contributed by atoms with van der Waals surface area (Å²) < 4.78 is 15.1. The molecule has 3 heterocycles. The average molecular weight is 291 g/mol. The van der Waals surface area contributed by atoms with Crippen molar-refractivity contribution in [3.8, 4) is 0 Å². The van der Waals surface area contributed by atoms with Crippen molar-refractivity contribution in [3.05, 3.63) is 30.1 Å². The first-order valence-electron chi connectivity index (χ1n) is 7.77. The standard InChI is InChI=1S/C16H22FN3O/c17-16(15(21)20-9-1-2-10-20)6-4-8-19(13-16)12-14-5-3-7-18-11-14/h3,5,7,11H,1-2,4,6,8-10,12-13H2/t16-/m0/s1. The molecule has 1 aromatic heterocycles. The number of halogens is 1. The highest BCUT2D eigenvalue weighted by Gasteiger charge is 2.45. The molecule has 1 atom stereocenters.